The first-order chi connectivity index (χ1) is 9.19. The maximum Gasteiger partial charge on any atom is 0.247 e. The van der Waals surface area contributed by atoms with Gasteiger partial charge >= 0.3 is 0 Å². The van der Waals surface area contributed by atoms with E-state index in [0.717, 1.165) is 25.7 Å². The van der Waals surface area contributed by atoms with Gasteiger partial charge in [0.15, 0.2) is 0 Å². The van der Waals surface area contributed by atoms with E-state index >= 15 is 0 Å². The summed E-state index contributed by atoms with van der Waals surface area (Å²) in [5.41, 5.74) is 6.39. The zero-order valence-corrected chi connectivity index (χ0v) is 11.2. The predicted molar refractivity (Wildman–Crippen MR) is 71.5 cm³/mol. The molecule has 2 heterocycles. The minimum atomic E-state index is -0.495. The number of nitrogens with zero attached hydrogens (tertiary/aromatic N) is 3. The number of halogens is 1. The van der Waals surface area contributed by atoms with Gasteiger partial charge in [-0.15, -0.1) is 0 Å². The van der Waals surface area contributed by atoms with Gasteiger partial charge < -0.3 is 10.3 Å². The van der Waals surface area contributed by atoms with Crippen molar-refractivity contribution in [2.75, 3.05) is 0 Å². The van der Waals surface area contributed by atoms with Gasteiger partial charge in [0.25, 0.3) is 0 Å². The molecule has 19 heavy (non-hydrogen) atoms. The quantitative estimate of drug-likeness (QED) is 0.914. The fourth-order valence-corrected chi connectivity index (χ4v) is 2.67. The normalized spacial score (nSPS) is 18.4. The van der Waals surface area contributed by atoms with Crippen LogP contribution in [0.3, 0.4) is 0 Å². The van der Waals surface area contributed by atoms with Crippen molar-refractivity contribution in [3.8, 4) is 11.5 Å². The smallest absolute Gasteiger partial charge is 0.247 e. The summed E-state index contributed by atoms with van der Waals surface area (Å²) in [6.45, 7) is 0. The summed E-state index contributed by atoms with van der Waals surface area (Å²) in [5, 5.41) is 4.46. The second-order valence-electron chi connectivity index (χ2n) is 4.97. The number of rotatable bonds is 2. The molecule has 0 aliphatic heterocycles. The van der Waals surface area contributed by atoms with Crippen molar-refractivity contribution in [2.45, 2.75) is 37.6 Å². The van der Waals surface area contributed by atoms with E-state index in [0.29, 0.717) is 22.4 Å². The molecule has 1 aliphatic carbocycles. The van der Waals surface area contributed by atoms with E-state index < -0.39 is 5.54 Å². The van der Waals surface area contributed by atoms with Gasteiger partial charge in [-0.1, -0.05) is 36.0 Å². The van der Waals surface area contributed by atoms with Crippen LogP contribution in [-0.4, -0.2) is 15.1 Å². The zero-order valence-electron chi connectivity index (χ0n) is 10.5. The Bertz CT molecular complexity index is 578. The molecule has 2 N–H and O–H groups in total. The van der Waals surface area contributed by atoms with E-state index in [9.17, 15) is 0 Å². The first-order valence-electron chi connectivity index (χ1n) is 6.43. The molecule has 0 saturated heterocycles. The van der Waals surface area contributed by atoms with E-state index in [1.807, 2.05) is 0 Å². The average Bonchev–Trinajstić information content (AvgIpc) is 2.90. The standard InChI is InChI=1S/C13H15ClN4O/c14-9-5-4-8-16-10(9)11-17-12(19-18-11)13(15)6-2-1-3-7-13/h4-5,8H,1-3,6-7,15H2. The molecule has 1 aliphatic rings. The van der Waals surface area contributed by atoms with Gasteiger partial charge in [0.2, 0.25) is 11.7 Å². The minimum absolute atomic E-state index is 0.399. The van der Waals surface area contributed by atoms with Gasteiger partial charge in [-0.2, -0.15) is 4.98 Å². The van der Waals surface area contributed by atoms with Crippen LogP contribution in [0.25, 0.3) is 11.5 Å². The Morgan fingerprint density at radius 2 is 2.05 bits per heavy atom. The van der Waals surface area contributed by atoms with E-state index in [1.165, 1.54) is 6.42 Å². The molecule has 6 heteroatoms. The molecule has 100 valence electrons. The van der Waals surface area contributed by atoms with Crippen molar-refractivity contribution < 1.29 is 4.52 Å². The summed E-state index contributed by atoms with van der Waals surface area (Å²) in [6.07, 6.45) is 6.81. The molecular weight excluding hydrogens is 264 g/mol. The van der Waals surface area contributed by atoms with E-state index in [4.69, 9.17) is 21.9 Å². The van der Waals surface area contributed by atoms with Crippen LogP contribution in [0.5, 0.6) is 0 Å². The molecule has 0 amide bonds. The lowest BCUT2D eigenvalue weighted by atomic mass is 9.82. The van der Waals surface area contributed by atoms with Gasteiger partial charge in [0.05, 0.1) is 10.6 Å². The summed E-state index contributed by atoms with van der Waals surface area (Å²) in [7, 11) is 0. The lowest BCUT2D eigenvalue weighted by Gasteiger charge is -2.29. The molecule has 0 bridgehead atoms. The summed E-state index contributed by atoms with van der Waals surface area (Å²) in [4.78, 5) is 8.56. The SMILES string of the molecule is NC1(c2nc(-c3ncccc3Cl)no2)CCCCC1. The van der Waals surface area contributed by atoms with Crippen molar-refractivity contribution in [3.05, 3.63) is 29.2 Å². The third-order valence-corrected chi connectivity index (χ3v) is 3.87. The van der Waals surface area contributed by atoms with Crippen LogP contribution in [0, 0.1) is 0 Å². The average molecular weight is 279 g/mol. The Kier molecular flexibility index (Phi) is 3.24. The highest BCUT2D eigenvalue weighted by Gasteiger charge is 2.35. The van der Waals surface area contributed by atoms with Crippen LogP contribution in [0.15, 0.2) is 22.9 Å². The second-order valence-corrected chi connectivity index (χ2v) is 5.38. The minimum Gasteiger partial charge on any atom is -0.337 e. The summed E-state index contributed by atoms with van der Waals surface area (Å²) < 4.78 is 5.33. The molecule has 3 rings (SSSR count). The molecule has 1 saturated carbocycles. The van der Waals surface area contributed by atoms with Crippen molar-refractivity contribution in [1.82, 2.24) is 15.1 Å². The monoisotopic (exact) mass is 278 g/mol. The van der Waals surface area contributed by atoms with Gasteiger partial charge in [-0.25, -0.2) is 0 Å². The second kappa shape index (κ2) is 4.90. The fraction of sp³-hybridized carbons (Fsp3) is 0.462. The zero-order chi connectivity index (χ0) is 13.3. The highest BCUT2D eigenvalue weighted by Crippen LogP contribution is 2.34. The van der Waals surface area contributed by atoms with E-state index in [1.54, 1.807) is 18.3 Å². The topological polar surface area (TPSA) is 77.8 Å². The molecular formula is C13H15ClN4O. The molecule has 2 aromatic heterocycles. The maximum absolute atomic E-state index is 6.36. The largest absolute Gasteiger partial charge is 0.337 e. The third kappa shape index (κ3) is 2.35. The lowest BCUT2D eigenvalue weighted by Crippen LogP contribution is -2.38. The Morgan fingerprint density at radius 1 is 1.26 bits per heavy atom. The van der Waals surface area contributed by atoms with Crippen LogP contribution < -0.4 is 5.73 Å². The van der Waals surface area contributed by atoms with E-state index in [-0.39, 0.29) is 0 Å². The maximum atomic E-state index is 6.36. The molecule has 0 spiro atoms. The van der Waals surface area contributed by atoms with Crippen molar-refractivity contribution in [1.29, 1.82) is 0 Å². The first kappa shape index (κ1) is 12.6. The predicted octanol–water partition coefficient (Wildman–Crippen LogP) is 2.90. The number of hydrogen-bond acceptors (Lipinski definition) is 5. The Morgan fingerprint density at radius 3 is 2.79 bits per heavy atom. The molecule has 0 atom stereocenters. The molecule has 5 nitrogen and oxygen atoms in total. The number of nitrogens with two attached hydrogens (primary N) is 1. The lowest BCUT2D eigenvalue weighted by molar-refractivity contribution is 0.220. The van der Waals surface area contributed by atoms with Crippen molar-refractivity contribution in [3.63, 3.8) is 0 Å². The number of aromatic nitrogens is 3. The van der Waals surface area contributed by atoms with Crippen molar-refractivity contribution in [2.24, 2.45) is 5.73 Å². The van der Waals surface area contributed by atoms with Crippen LogP contribution >= 0.6 is 11.6 Å². The molecule has 0 aromatic carbocycles. The Balaban J connectivity index is 1.93. The molecule has 2 aromatic rings. The molecule has 0 unspecified atom stereocenters. The van der Waals surface area contributed by atoms with Gasteiger partial charge in [0.1, 0.15) is 5.69 Å². The molecule has 0 radical (unpaired) electrons. The molecule has 1 fully saturated rings. The van der Waals surface area contributed by atoms with Gasteiger partial charge in [0, 0.05) is 6.20 Å². The highest BCUT2D eigenvalue weighted by atomic mass is 35.5. The Hall–Kier alpha value is -1.46. The first-order valence-corrected chi connectivity index (χ1v) is 6.81. The van der Waals surface area contributed by atoms with E-state index in [2.05, 4.69) is 15.1 Å². The summed E-state index contributed by atoms with van der Waals surface area (Å²) in [5.74, 6) is 0.889. The summed E-state index contributed by atoms with van der Waals surface area (Å²) in [6, 6.07) is 3.51. The Labute approximate surface area is 116 Å². The highest BCUT2D eigenvalue weighted by molar-refractivity contribution is 6.32. The van der Waals surface area contributed by atoms with Crippen LogP contribution in [0.1, 0.15) is 38.0 Å². The van der Waals surface area contributed by atoms with Crippen LogP contribution in [0.2, 0.25) is 5.02 Å². The number of hydrogen-bond donors (Lipinski definition) is 1. The van der Waals surface area contributed by atoms with Gasteiger partial charge in [-0.3, -0.25) is 4.98 Å². The van der Waals surface area contributed by atoms with Crippen LogP contribution in [-0.2, 0) is 5.54 Å². The van der Waals surface area contributed by atoms with Crippen LogP contribution in [0.4, 0.5) is 0 Å². The van der Waals surface area contributed by atoms with Gasteiger partial charge in [-0.05, 0) is 25.0 Å². The number of pyridine rings is 1. The summed E-state index contributed by atoms with van der Waals surface area (Å²) >= 11 is 6.07. The van der Waals surface area contributed by atoms with Crippen molar-refractivity contribution >= 4 is 11.6 Å². The third-order valence-electron chi connectivity index (χ3n) is 3.57. The fourth-order valence-electron chi connectivity index (χ4n) is 2.47.